The summed E-state index contributed by atoms with van der Waals surface area (Å²) in [5.74, 6) is 1.03. The Morgan fingerprint density at radius 1 is 0.950 bits per heavy atom. The Labute approximate surface area is 119 Å². The fraction of sp³-hybridized carbons (Fsp3) is 0.222. The summed E-state index contributed by atoms with van der Waals surface area (Å²) in [5.41, 5.74) is 1.38. The van der Waals surface area contributed by atoms with Crippen LogP contribution in [-0.4, -0.2) is 13.1 Å². The van der Waals surface area contributed by atoms with E-state index < -0.39 is 0 Å². The average Bonchev–Trinajstić information content (AvgIpc) is 3.00. The van der Waals surface area contributed by atoms with Gasteiger partial charge >= 0.3 is 0 Å². The summed E-state index contributed by atoms with van der Waals surface area (Å²) in [7, 11) is 2.01. The van der Waals surface area contributed by atoms with Crippen molar-refractivity contribution in [1.82, 2.24) is 5.32 Å². The molecule has 2 heteroatoms. The molecule has 0 spiro atoms. The van der Waals surface area contributed by atoms with Crippen LogP contribution in [-0.2, 0) is 12.8 Å². The lowest BCUT2D eigenvalue weighted by Crippen LogP contribution is -2.29. The predicted octanol–water partition coefficient (Wildman–Crippen LogP) is 3.81. The molecule has 0 aliphatic carbocycles. The van der Waals surface area contributed by atoms with E-state index in [9.17, 15) is 0 Å². The van der Waals surface area contributed by atoms with Gasteiger partial charge in [0, 0.05) is 12.5 Å². The third-order valence-corrected chi connectivity index (χ3v) is 3.78. The first-order chi connectivity index (χ1) is 9.86. The first-order valence-corrected chi connectivity index (χ1v) is 7.03. The second-order valence-electron chi connectivity index (χ2n) is 5.11. The molecule has 1 heterocycles. The molecule has 1 N–H and O–H groups in total. The number of fused-ring (bicyclic) bond motifs is 1. The Morgan fingerprint density at radius 3 is 2.60 bits per heavy atom. The van der Waals surface area contributed by atoms with Crippen LogP contribution in [0.5, 0.6) is 0 Å². The molecule has 102 valence electrons. The van der Waals surface area contributed by atoms with Gasteiger partial charge in [-0.2, -0.15) is 0 Å². The van der Waals surface area contributed by atoms with E-state index in [1.807, 2.05) is 19.2 Å². The molecule has 0 saturated heterocycles. The quantitative estimate of drug-likeness (QED) is 0.759. The Kier molecular flexibility index (Phi) is 3.84. The lowest BCUT2D eigenvalue weighted by Gasteiger charge is -2.16. The normalized spacial score (nSPS) is 12.7. The van der Waals surface area contributed by atoms with Crippen LogP contribution >= 0.6 is 0 Å². The third-order valence-electron chi connectivity index (χ3n) is 3.78. The molecule has 0 radical (unpaired) electrons. The molecule has 2 aromatic carbocycles. The van der Waals surface area contributed by atoms with Crippen molar-refractivity contribution in [3.8, 4) is 0 Å². The van der Waals surface area contributed by atoms with Crippen molar-refractivity contribution in [2.24, 2.45) is 0 Å². The molecular formula is C18H19NO. The van der Waals surface area contributed by atoms with Crippen molar-refractivity contribution < 1.29 is 4.42 Å². The highest BCUT2D eigenvalue weighted by Gasteiger charge is 2.11. The Morgan fingerprint density at radius 2 is 1.80 bits per heavy atom. The van der Waals surface area contributed by atoms with Crippen LogP contribution in [0, 0.1) is 0 Å². The molecule has 1 unspecified atom stereocenters. The zero-order chi connectivity index (χ0) is 13.8. The maximum Gasteiger partial charge on any atom is 0.105 e. The van der Waals surface area contributed by atoms with E-state index in [4.69, 9.17) is 4.42 Å². The Bertz CT molecular complexity index is 667. The summed E-state index contributed by atoms with van der Waals surface area (Å²) in [6.07, 6.45) is 3.64. The molecule has 0 bridgehead atoms. The molecule has 1 aromatic heterocycles. The molecule has 3 rings (SSSR count). The monoisotopic (exact) mass is 265 g/mol. The van der Waals surface area contributed by atoms with E-state index in [0.717, 1.165) is 18.6 Å². The van der Waals surface area contributed by atoms with Crippen molar-refractivity contribution in [3.05, 3.63) is 72.2 Å². The van der Waals surface area contributed by atoms with E-state index in [0.29, 0.717) is 6.04 Å². The topological polar surface area (TPSA) is 25.2 Å². The maximum atomic E-state index is 5.45. The summed E-state index contributed by atoms with van der Waals surface area (Å²) >= 11 is 0. The molecule has 0 saturated carbocycles. The van der Waals surface area contributed by atoms with Crippen LogP contribution in [0.25, 0.3) is 10.8 Å². The van der Waals surface area contributed by atoms with Gasteiger partial charge in [0.2, 0.25) is 0 Å². The van der Waals surface area contributed by atoms with Crippen LogP contribution in [0.3, 0.4) is 0 Å². The summed E-state index contributed by atoms with van der Waals surface area (Å²) in [6, 6.07) is 19.4. The second kappa shape index (κ2) is 5.93. The number of furan rings is 1. The number of likely N-dealkylation sites (N-methyl/N-ethyl adjacent to an activating group) is 1. The lowest BCUT2D eigenvalue weighted by atomic mass is 9.97. The van der Waals surface area contributed by atoms with E-state index in [1.165, 1.54) is 16.3 Å². The van der Waals surface area contributed by atoms with Gasteiger partial charge in [0.15, 0.2) is 0 Å². The van der Waals surface area contributed by atoms with Crippen LogP contribution in [0.4, 0.5) is 0 Å². The number of hydrogen-bond donors (Lipinski definition) is 1. The fourth-order valence-electron chi connectivity index (χ4n) is 2.68. The number of rotatable bonds is 5. The Hall–Kier alpha value is -2.06. The molecule has 3 aromatic rings. The van der Waals surface area contributed by atoms with Gasteiger partial charge in [-0.15, -0.1) is 0 Å². The highest BCUT2D eigenvalue weighted by Crippen LogP contribution is 2.20. The summed E-state index contributed by atoms with van der Waals surface area (Å²) in [4.78, 5) is 0. The van der Waals surface area contributed by atoms with Crippen LogP contribution in [0.1, 0.15) is 11.3 Å². The molecule has 0 amide bonds. The van der Waals surface area contributed by atoms with Crippen LogP contribution < -0.4 is 5.32 Å². The molecule has 0 fully saturated rings. The van der Waals surface area contributed by atoms with Gasteiger partial charge in [0.1, 0.15) is 5.76 Å². The van der Waals surface area contributed by atoms with Crippen molar-refractivity contribution in [2.75, 3.05) is 7.05 Å². The van der Waals surface area contributed by atoms with E-state index in [2.05, 4.69) is 47.8 Å². The minimum Gasteiger partial charge on any atom is -0.469 e. The molecule has 0 aliphatic rings. The number of nitrogens with one attached hydrogen (secondary N) is 1. The molecule has 2 nitrogen and oxygen atoms in total. The number of hydrogen-bond acceptors (Lipinski definition) is 2. The Balaban J connectivity index is 1.84. The number of benzene rings is 2. The highest BCUT2D eigenvalue weighted by atomic mass is 16.3. The average molecular weight is 265 g/mol. The van der Waals surface area contributed by atoms with Crippen molar-refractivity contribution >= 4 is 10.8 Å². The highest BCUT2D eigenvalue weighted by molar-refractivity contribution is 5.85. The minimum absolute atomic E-state index is 0.381. The molecule has 20 heavy (non-hydrogen) atoms. The van der Waals surface area contributed by atoms with Gasteiger partial charge in [-0.3, -0.25) is 0 Å². The first-order valence-electron chi connectivity index (χ1n) is 7.03. The third kappa shape index (κ3) is 2.75. The van der Waals surface area contributed by atoms with Gasteiger partial charge < -0.3 is 9.73 Å². The van der Waals surface area contributed by atoms with Crippen molar-refractivity contribution in [3.63, 3.8) is 0 Å². The minimum atomic E-state index is 0.381. The molecular weight excluding hydrogens is 246 g/mol. The van der Waals surface area contributed by atoms with E-state index >= 15 is 0 Å². The standard InChI is InChI=1S/C18H19NO/c1-19-16(13-17-9-5-11-20-17)12-15-8-4-7-14-6-2-3-10-18(14)15/h2-11,16,19H,12-13H2,1H3. The van der Waals surface area contributed by atoms with Crippen LogP contribution in [0.2, 0.25) is 0 Å². The predicted molar refractivity (Wildman–Crippen MR) is 82.9 cm³/mol. The van der Waals surface area contributed by atoms with E-state index in [1.54, 1.807) is 6.26 Å². The van der Waals surface area contributed by atoms with Gasteiger partial charge in [-0.25, -0.2) is 0 Å². The summed E-state index contributed by atoms with van der Waals surface area (Å²) < 4.78 is 5.45. The fourth-order valence-corrected chi connectivity index (χ4v) is 2.68. The van der Waals surface area contributed by atoms with Gasteiger partial charge in [-0.1, -0.05) is 42.5 Å². The maximum absolute atomic E-state index is 5.45. The van der Waals surface area contributed by atoms with E-state index in [-0.39, 0.29) is 0 Å². The lowest BCUT2D eigenvalue weighted by molar-refractivity contribution is 0.457. The summed E-state index contributed by atoms with van der Waals surface area (Å²) in [6.45, 7) is 0. The summed E-state index contributed by atoms with van der Waals surface area (Å²) in [5, 5.41) is 6.04. The molecule has 1 atom stereocenters. The zero-order valence-corrected chi connectivity index (χ0v) is 11.7. The zero-order valence-electron chi connectivity index (χ0n) is 11.7. The largest absolute Gasteiger partial charge is 0.469 e. The van der Waals surface area contributed by atoms with Crippen molar-refractivity contribution in [1.29, 1.82) is 0 Å². The van der Waals surface area contributed by atoms with Gasteiger partial charge in [0.05, 0.1) is 6.26 Å². The van der Waals surface area contributed by atoms with Gasteiger partial charge in [-0.05, 0) is 41.9 Å². The van der Waals surface area contributed by atoms with Crippen molar-refractivity contribution in [2.45, 2.75) is 18.9 Å². The second-order valence-corrected chi connectivity index (χ2v) is 5.11. The smallest absolute Gasteiger partial charge is 0.105 e. The van der Waals surface area contributed by atoms with Gasteiger partial charge in [0.25, 0.3) is 0 Å². The SMILES string of the molecule is CNC(Cc1ccco1)Cc1cccc2ccccc12. The van der Waals surface area contributed by atoms with Crippen LogP contribution in [0.15, 0.2) is 65.3 Å². The molecule has 0 aliphatic heterocycles. The first kappa shape index (κ1) is 12.9.